The average molecular weight is 256 g/mol. The van der Waals surface area contributed by atoms with Crippen molar-refractivity contribution in [2.45, 2.75) is 18.7 Å². The number of hydrogen-bond donors (Lipinski definition) is 1. The highest BCUT2D eigenvalue weighted by Crippen LogP contribution is 2.22. The highest BCUT2D eigenvalue weighted by atomic mass is 32.2. The van der Waals surface area contributed by atoms with Gasteiger partial charge in [0.25, 0.3) is 0 Å². The Morgan fingerprint density at radius 1 is 1.41 bits per heavy atom. The molecule has 0 heterocycles. The fourth-order valence-electron chi connectivity index (χ4n) is 1.41. The Hall–Kier alpha value is -1.23. The lowest BCUT2D eigenvalue weighted by Crippen LogP contribution is -2.31. The summed E-state index contributed by atoms with van der Waals surface area (Å²) in [4.78, 5) is 14.2. The quantitative estimate of drug-likeness (QED) is 0.650. The smallest absolute Gasteiger partial charge is 0.232 e. The van der Waals surface area contributed by atoms with E-state index in [0.29, 0.717) is 18.8 Å². The molecule has 0 aliphatic rings. The molecule has 1 aromatic rings. The molecule has 1 aromatic carbocycles. The number of carbonyl (C=O) groups is 1. The van der Waals surface area contributed by atoms with Gasteiger partial charge in [0.1, 0.15) is 5.82 Å². The summed E-state index contributed by atoms with van der Waals surface area (Å²) >= 11 is 1.32. The molecule has 1 rings (SSSR count). The fourth-order valence-corrected chi connectivity index (χ4v) is 2.23. The topological polar surface area (TPSA) is 46.3 Å². The Bertz CT molecular complexity index is 394. The zero-order valence-corrected chi connectivity index (χ0v) is 10.9. The number of rotatable bonds is 5. The van der Waals surface area contributed by atoms with Crippen LogP contribution in [0.15, 0.2) is 23.1 Å². The van der Waals surface area contributed by atoms with Crippen LogP contribution in [-0.2, 0) is 4.79 Å². The first kappa shape index (κ1) is 13.8. The summed E-state index contributed by atoms with van der Waals surface area (Å²) in [7, 11) is 0. The third kappa shape index (κ3) is 3.93. The SMILES string of the molecule is CCN(CC)C(=O)CSc1ccc(N)c(F)c1. The van der Waals surface area contributed by atoms with Crippen LogP contribution in [0.25, 0.3) is 0 Å². The molecule has 0 bridgehead atoms. The predicted molar refractivity (Wildman–Crippen MR) is 69.5 cm³/mol. The molecule has 0 atom stereocenters. The fraction of sp³-hybridized carbons (Fsp3) is 0.417. The van der Waals surface area contributed by atoms with Crippen molar-refractivity contribution in [3.63, 3.8) is 0 Å². The Morgan fingerprint density at radius 2 is 2.06 bits per heavy atom. The van der Waals surface area contributed by atoms with Gasteiger partial charge in [-0.15, -0.1) is 11.8 Å². The van der Waals surface area contributed by atoms with Crippen molar-refractivity contribution in [3.8, 4) is 0 Å². The number of nitrogen functional groups attached to an aromatic ring is 1. The molecule has 94 valence electrons. The molecule has 0 saturated heterocycles. The molecule has 5 heteroatoms. The number of thioether (sulfide) groups is 1. The van der Waals surface area contributed by atoms with E-state index in [9.17, 15) is 9.18 Å². The number of nitrogens with two attached hydrogens (primary N) is 1. The third-order valence-electron chi connectivity index (χ3n) is 2.45. The molecule has 3 nitrogen and oxygen atoms in total. The van der Waals surface area contributed by atoms with Crippen molar-refractivity contribution in [3.05, 3.63) is 24.0 Å². The summed E-state index contributed by atoms with van der Waals surface area (Å²) in [6.07, 6.45) is 0. The van der Waals surface area contributed by atoms with E-state index < -0.39 is 5.82 Å². The maximum Gasteiger partial charge on any atom is 0.232 e. The number of benzene rings is 1. The maximum atomic E-state index is 13.2. The lowest BCUT2D eigenvalue weighted by atomic mass is 10.3. The molecule has 17 heavy (non-hydrogen) atoms. The third-order valence-corrected chi connectivity index (χ3v) is 3.43. The van der Waals surface area contributed by atoms with Crippen LogP contribution in [0, 0.1) is 5.82 Å². The molecule has 0 radical (unpaired) electrons. The van der Waals surface area contributed by atoms with Gasteiger partial charge in [-0.05, 0) is 32.0 Å². The monoisotopic (exact) mass is 256 g/mol. The van der Waals surface area contributed by atoms with Crippen molar-refractivity contribution in [1.29, 1.82) is 0 Å². The summed E-state index contributed by atoms with van der Waals surface area (Å²) < 4.78 is 13.2. The molecule has 0 aliphatic heterocycles. The van der Waals surface area contributed by atoms with Crippen LogP contribution < -0.4 is 5.73 Å². The van der Waals surface area contributed by atoms with Gasteiger partial charge in [-0.1, -0.05) is 0 Å². The van der Waals surface area contributed by atoms with Crippen molar-refractivity contribution in [2.75, 3.05) is 24.6 Å². The summed E-state index contributed by atoms with van der Waals surface area (Å²) in [5.41, 5.74) is 5.51. The number of nitrogens with zero attached hydrogens (tertiary/aromatic N) is 1. The molecule has 2 N–H and O–H groups in total. The minimum absolute atomic E-state index is 0.0669. The molecular weight excluding hydrogens is 239 g/mol. The van der Waals surface area contributed by atoms with Crippen molar-refractivity contribution in [1.82, 2.24) is 4.90 Å². The van der Waals surface area contributed by atoms with Crippen LogP contribution in [0.1, 0.15) is 13.8 Å². The zero-order valence-electron chi connectivity index (χ0n) is 10.1. The normalized spacial score (nSPS) is 10.3. The van der Waals surface area contributed by atoms with E-state index in [1.54, 1.807) is 11.0 Å². The van der Waals surface area contributed by atoms with Crippen LogP contribution in [0.5, 0.6) is 0 Å². The highest BCUT2D eigenvalue weighted by molar-refractivity contribution is 8.00. The minimum atomic E-state index is -0.440. The van der Waals surface area contributed by atoms with Gasteiger partial charge in [-0.3, -0.25) is 4.79 Å². The number of halogens is 1. The summed E-state index contributed by atoms with van der Waals surface area (Å²) in [5, 5.41) is 0. The van der Waals surface area contributed by atoms with E-state index >= 15 is 0 Å². The second-order valence-corrected chi connectivity index (χ2v) is 4.59. The number of carbonyl (C=O) groups excluding carboxylic acids is 1. The highest BCUT2D eigenvalue weighted by Gasteiger charge is 2.10. The Balaban J connectivity index is 2.55. The van der Waals surface area contributed by atoms with Crippen LogP contribution in [0.3, 0.4) is 0 Å². The summed E-state index contributed by atoms with van der Waals surface area (Å²) in [5.74, 6) is -0.0482. The van der Waals surface area contributed by atoms with Gasteiger partial charge in [0.15, 0.2) is 0 Å². The lowest BCUT2D eigenvalue weighted by molar-refractivity contribution is -0.127. The van der Waals surface area contributed by atoms with Gasteiger partial charge in [-0.25, -0.2) is 4.39 Å². The first-order valence-electron chi connectivity index (χ1n) is 5.54. The second-order valence-electron chi connectivity index (χ2n) is 3.54. The van der Waals surface area contributed by atoms with Crippen molar-refractivity contribution >= 4 is 23.4 Å². The minimum Gasteiger partial charge on any atom is -0.396 e. The van der Waals surface area contributed by atoms with Crippen molar-refractivity contribution < 1.29 is 9.18 Å². The Labute approximate surface area is 105 Å². The van der Waals surface area contributed by atoms with Gasteiger partial charge in [0.2, 0.25) is 5.91 Å². The van der Waals surface area contributed by atoms with Crippen molar-refractivity contribution in [2.24, 2.45) is 0 Å². The molecule has 0 fully saturated rings. The molecule has 0 saturated carbocycles. The molecule has 0 spiro atoms. The second kappa shape index (κ2) is 6.49. The van der Waals surface area contributed by atoms with Crippen LogP contribution in [0.4, 0.5) is 10.1 Å². The molecule has 1 amide bonds. The number of hydrogen-bond acceptors (Lipinski definition) is 3. The first-order chi connectivity index (χ1) is 8.08. The van der Waals surface area contributed by atoms with Gasteiger partial charge in [-0.2, -0.15) is 0 Å². The molecule has 0 aromatic heterocycles. The van der Waals surface area contributed by atoms with E-state index in [0.717, 1.165) is 4.90 Å². The predicted octanol–water partition coefficient (Wildman–Crippen LogP) is 2.37. The Morgan fingerprint density at radius 3 is 2.59 bits per heavy atom. The van der Waals surface area contributed by atoms with Crippen LogP contribution >= 0.6 is 11.8 Å². The lowest BCUT2D eigenvalue weighted by Gasteiger charge is -2.18. The zero-order chi connectivity index (χ0) is 12.8. The van der Waals surface area contributed by atoms with Gasteiger partial charge >= 0.3 is 0 Å². The van der Waals surface area contributed by atoms with Gasteiger partial charge in [0, 0.05) is 18.0 Å². The first-order valence-corrected chi connectivity index (χ1v) is 6.52. The van der Waals surface area contributed by atoms with Gasteiger partial charge < -0.3 is 10.6 Å². The Kier molecular flexibility index (Phi) is 5.28. The van der Waals surface area contributed by atoms with E-state index in [1.165, 1.54) is 23.9 Å². The number of anilines is 1. The van der Waals surface area contributed by atoms with Crippen LogP contribution in [0.2, 0.25) is 0 Å². The molecular formula is C12H17FN2OS. The van der Waals surface area contributed by atoms with E-state index in [-0.39, 0.29) is 11.6 Å². The summed E-state index contributed by atoms with van der Waals surface area (Å²) in [6, 6.07) is 4.59. The molecule has 0 unspecified atom stereocenters. The van der Waals surface area contributed by atoms with E-state index in [1.807, 2.05) is 13.8 Å². The standard InChI is InChI=1S/C12H17FN2OS/c1-3-15(4-2)12(16)8-17-9-5-6-11(14)10(13)7-9/h5-7H,3-4,8,14H2,1-2H3. The maximum absolute atomic E-state index is 13.2. The summed E-state index contributed by atoms with van der Waals surface area (Å²) in [6.45, 7) is 5.28. The largest absolute Gasteiger partial charge is 0.396 e. The molecule has 0 aliphatic carbocycles. The average Bonchev–Trinajstić information content (AvgIpc) is 2.32. The van der Waals surface area contributed by atoms with Crippen LogP contribution in [-0.4, -0.2) is 29.6 Å². The van der Waals surface area contributed by atoms with E-state index in [4.69, 9.17) is 5.73 Å². The van der Waals surface area contributed by atoms with Gasteiger partial charge in [0.05, 0.1) is 11.4 Å². The number of amides is 1. The van der Waals surface area contributed by atoms with E-state index in [2.05, 4.69) is 0 Å².